The van der Waals surface area contributed by atoms with Crippen LogP contribution in [0.2, 0.25) is 0 Å². The summed E-state index contributed by atoms with van der Waals surface area (Å²) >= 11 is 0. The fourth-order valence-electron chi connectivity index (χ4n) is 5.44. The number of nitrogens with zero attached hydrogens (tertiary/aromatic N) is 2. The van der Waals surface area contributed by atoms with E-state index in [0.717, 1.165) is 23.5 Å². The van der Waals surface area contributed by atoms with E-state index in [0.29, 0.717) is 0 Å². The van der Waals surface area contributed by atoms with Gasteiger partial charge in [-0.05, 0) is 55.2 Å². The van der Waals surface area contributed by atoms with Crippen molar-refractivity contribution >= 4 is 0 Å². The number of imidazole rings is 1. The SMILES string of the molecule is CCCCC(C)(C)c1c(-c2cccc(C)c2)nc(-c2[c-]cccc2)n1-c1ccc(-c2ccccc2)cc1C.[Ir]. The fourth-order valence-corrected chi connectivity index (χ4v) is 5.44. The summed E-state index contributed by atoms with van der Waals surface area (Å²) in [7, 11) is 0. The van der Waals surface area contributed by atoms with Crippen LogP contribution >= 0.6 is 0 Å². The zero-order chi connectivity index (χ0) is 26.7. The van der Waals surface area contributed by atoms with Gasteiger partial charge in [-0.25, -0.2) is 0 Å². The number of hydrogen-bond donors (Lipinski definition) is 0. The van der Waals surface area contributed by atoms with Gasteiger partial charge in [0.15, 0.2) is 0 Å². The predicted octanol–water partition coefficient (Wildman–Crippen LogP) is 9.76. The van der Waals surface area contributed by atoms with Crippen LogP contribution in [0, 0.1) is 19.9 Å². The smallest absolute Gasteiger partial charge is 0.0810 e. The number of aromatic nitrogens is 2. The summed E-state index contributed by atoms with van der Waals surface area (Å²) in [5.74, 6) is 0.942. The van der Waals surface area contributed by atoms with Crippen molar-refractivity contribution in [3.8, 4) is 39.5 Å². The van der Waals surface area contributed by atoms with Gasteiger partial charge in [0.25, 0.3) is 0 Å². The molecule has 0 unspecified atom stereocenters. The minimum atomic E-state index is -0.0837. The van der Waals surface area contributed by atoms with Crippen molar-refractivity contribution in [2.45, 2.75) is 59.3 Å². The molecule has 1 radical (unpaired) electrons. The van der Waals surface area contributed by atoms with Crippen molar-refractivity contribution in [1.82, 2.24) is 9.55 Å². The van der Waals surface area contributed by atoms with Gasteiger partial charge >= 0.3 is 0 Å². The second kappa shape index (κ2) is 12.3. The number of hydrogen-bond acceptors (Lipinski definition) is 1. The Bertz CT molecular complexity index is 1530. The Hall–Kier alpha value is -3.26. The van der Waals surface area contributed by atoms with E-state index in [2.05, 4.69) is 130 Å². The third-order valence-electron chi connectivity index (χ3n) is 7.46. The summed E-state index contributed by atoms with van der Waals surface area (Å²) in [4.78, 5) is 5.40. The number of aryl methyl sites for hydroxylation is 2. The predicted molar refractivity (Wildman–Crippen MR) is 161 cm³/mol. The molecule has 0 spiro atoms. The quantitative estimate of drug-likeness (QED) is 0.148. The molecule has 1 heterocycles. The Kier molecular flexibility index (Phi) is 9.05. The van der Waals surface area contributed by atoms with Gasteiger partial charge in [0.2, 0.25) is 0 Å². The van der Waals surface area contributed by atoms with Gasteiger partial charge in [0, 0.05) is 42.5 Å². The summed E-state index contributed by atoms with van der Waals surface area (Å²) in [5.41, 5.74) is 10.5. The molecule has 0 saturated carbocycles. The minimum Gasteiger partial charge on any atom is -0.336 e. The van der Waals surface area contributed by atoms with Crippen molar-refractivity contribution < 1.29 is 20.1 Å². The maximum atomic E-state index is 5.40. The van der Waals surface area contributed by atoms with Gasteiger partial charge in [-0.15, -0.1) is 35.9 Å². The van der Waals surface area contributed by atoms with Gasteiger partial charge in [-0.1, -0.05) is 93.8 Å². The molecule has 0 saturated heterocycles. The summed E-state index contributed by atoms with van der Waals surface area (Å²) < 4.78 is 2.42. The normalized spacial score (nSPS) is 11.3. The third-order valence-corrected chi connectivity index (χ3v) is 7.46. The molecule has 0 bridgehead atoms. The van der Waals surface area contributed by atoms with Crippen LogP contribution < -0.4 is 0 Å². The van der Waals surface area contributed by atoms with Gasteiger partial charge in [0.1, 0.15) is 0 Å². The molecule has 0 amide bonds. The molecule has 0 aliphatic carbocycles. The first kappa shape index (κ1) is 28.7. The fraction of sp³-hybridized carbons (Fsp3) is 0.250. The van der Waals surface area contributed by atoms with Crippen LogP contribution in [0.3, 0.4) is 0 Å². The first-order valence-corrected chi connectivity index (χ1v) is 13.7. The molecule has 2 nitrogen and oxygen atoms in total. The van der Waals surface area contributed by atoms with Crippen molar-refractivity contribution in [2.75, 3.05) is 0 Å². The van der Waals surface area contributed by atoms with E-state index in [-0.39, 0.29) is 25.5 Å². The van der Waals surface area contributed by atoms with E-state index in [1.807, 2.05) is 12.1 Å². The van der Waals surface area contributed by atoms with E-state index >= 15 is 0 Å². The van der Waals surface area contributed by atoms with Gasteiger partial charge in [-0.2, -0.15) is 0 Å². The van der Waals surface area contributed by atoms with Gasteiger partial charge in [0.05, 0.1) is 11.5 Å². The molecule has 0 fully saturated rings. The molecule has 39 heavy (non-hydrogen) atoms. The second-order valence-corrected chi connectivity index (χ2v) is 11.0. The summed E-state index contributed by atoms with van der Waals surface area (Å²) in [6.07, 6.45) is 3.43. The average Bonchev–Trinajstić information content (AvgIpc) is 3.34. The molecule has 0 atom stereocenters. The molecule has 5 rings (SSSR count). The largest absolute Gasteiger partial charge is 0.336 e. The van der Waals surface area contributed by atoms with E-state index < -0.39 is 0 Å². The van der Waals surface area contributed by atoms with Crippen LogP contribution in [0.25, 0.3) is 39.5 Å². The monoisotopic (exact) mass is 690 g/mol. The van der Waals surface area contributed by atoms with Gasteiger partial charge < -0.3 is 4.57 Å². The van der Waals surface area contributed by atoms with Crippen molar-refractivity contribution in [3.05, 3.63) is 120 Å². The first-order chi connectivity index (χ1) is 18.4. The molecule has 0 N–H and O–H groups in total. The zero-order valence-corrected chi connectivity index (χ0v) is 26.0. The molecule has 201 valence electrons. The topological polar surface area (TPSA) is 17.8 Å². The Balaban J connectivity index is 0.00000353. The Morgan fingerprint density at radius 1 is 0.795 bits per heavy atom. The van der Waals surface area contributed by atoms with Crippen LogP contribution in [0.15, 0.2) is 97.1 Å². The number of rotatable bonds is 8. The number of benzene rings is 4. The van der Waals surface area contributed by atoms with Crippen LogP contribution in [-0.4, -0.2) is 9.55 Å². The van der Waals surface area contributed by atoms with Gasteiger partial charge in [-0.3, -0.25) is 4.98 Å². The Morgan fingerprint density at radius 3 is 2.21 bits per heavy atom. The molecule has 4 aromatic carbocycles. The number of unbranched alkanes of at least 4 members (excludes halogenated alkanes) is 1. The average molecular weight is 690 g/mol. The Morgan fingerprint density at radius 2 is 1.54 bits per heavy atom. The second-order valence-electron chi connectivity index (χ2n) is 11.0. The van der Waals surface area contributed by atoms with Crippen LogP contribution in [0.4, 0.5) is 0 Å². The molecule has 3 heteroatoms. The van der Waals surface area contributed by atoms with Crippen LogP contribution in [0.5, 0.6) is 0 Å². The van der Waals surface area contributed by atoms with E-state index in [9.17, 15) is 0 Å². The standard InChI is InChI=1S/C36H37N2.Ir/c1-6-7-23-36(4,5)34-33(31-20-14-15-26(2)24-31)37-35(29-18-12-9-13-19-29)38(34)32-22-21-30(25-27(32)3)28-16-10-8-11-17-28;/h8-18,20-22,24-25H,6-7,23H2,1-5H3;/q-1;. The molecular weight excluding hydrogens is 653 g/mol. The van der Waals surface area contributed by atoms with Crippen LogP contribution in [0.1, 0.15) is 56.9 Å². The third kappa shape index (κ3) is 6.01. The summed E-state index contributed by atoms with van der Waals surface area (Å²) in [6.45, 7) is 11.4. The zero-order valence-electron chi connectivity index (χ0n) is 23.6. The Labute approximate surface area is 247 Å². The van der Waals surface area contributed by atoms with E-state index in [1.165, 1.54) is 52.0 Å². The van der Waals surface area contributed by atoms with Crippen molar-refractivity contribution in [2.24, 2.45) is 0 Å². The van der Waals surface area contributed by atoms with E-state index in [1.54, 1.807) is 0 Å². The summed E-state index contributed by atoms with van der Waals surface area (Å²) in [5, 5.41) is 0. The van der Waals surface area contributed by atoms with Crippen molar-refractivity contribution in [3.63, 3.8) is 0 Å². The van der Waals surface area contributed by atoms with Crippen molar-refractivity contribution in [1.29, 1.82) is 0 Å². The maximum Gasteiger partial charge on any atom is 0.0810 e. The molecule has 5 aromatic rings. The molecular formula is C36H37IrN2-. The van der Waals surface area contributed by atoms with Crippen LogP contribution in [-0.2, 0) is 25.5 Å². The van der Waals surface area contributed by atoms with E-state index in [4.69, 9.17) is 4.98 Å². The first-order valence-electron chi connectivity index (χ1n) is 13.7. The summed E-state index contributed by atoms with van der Waals surface area (Å²) in [6, 6.07) is 37.8. The molecule has 0 aliphatic rings. The molecule has 1 aromatic heterocycles. The maximum absolute atomic E-state index is 5.40. The minimum absolute atomic E-state index is 0. The molecule has 0 aliphatic heterocycles.